The van der Waals surface area contributed by atoms with Crippen LogP contribution < -0.4 is 10.2 Å². The van der Waals surface area contributed by atoms with E-state index in [2.05, 4.69) is 47.8 Å². The van der Waals surface area contributed by atoms with Crippen molar-refractivity contribution < 1.29 is 0 Å². The van der Waals surface area contributed by atoms with Crippen LogP contribution >= 0.6 is 27.3 Å². The second-order valence-corrected chi connectivity index (χ2v) is 5.91. The van der Waals surface area contributed by atoms with Crippen LogP contribution in [0.25, 0.3) is 0 Å². The van der Waals surface area contributed by atoms with Crippen molar-refractivity contribution in [1.82, 2.24) is 15.5 Å². The van der Waals surface area contributed by atoms with E-state index in [1.807, 2.05) is 26.2 Å². The third-order valence-corrected chi connectivity index (χ3v) is 4.15. The molecule has 2 heterocycles. The first-order chi connectivity index (χ1) is 8.69. The standard InChI is InChI=1S/C12H15BrN4S/c1-14-6-10-3-4-12(16-15-10)17(2)7-11-5-9(13)8-18-11/h3-5,8,14H,6-7H2,1-2H3. The molecule has 96 valence electrons. The predicted molar refractivity (Wildman–Crippen MR) is 78.9 cm³/mol. The Labute approximate surface area is 119 Å². The van der Waals surface area contributed by atoms with E-state index in [1.165, 1.54) is 4.88 Å². The lowest BCUT2D eigenvalue weighted by Crippen LogP contribution is -2.18. The number of rotatable bonds is 5. The van der Waals surface area contributed by atoms with E-state index in [9.17, 15) is 0 Å². The fourth-order valence-corrected chi connectivity index (χ4v) is 3.09. The van der Waals surface area contributed by atoms with E-state index in [0.29, 0.717) is 0 Å². The van der Waals surface area contributed by atoms with Crippen LogP contribution in [-0.2, 0) is 13.1 Å². The lowest BCUT2D eigenvalue weighted by Gasteiger charge is -2.16. The Hall–Kier alpha value is -0.980. The minimum Gasteiger partial charge on any atom is -0.353 e. The molecule has 0 aliphatic carbocycles. The summed E-state index contributed by atoms with van der Waals surface area (Å²) in [6.45, 7) is 1.59. The summed E-state index contributed by atoms with van der Waals surface area (Å²) >= 11 is 5.20. The van der Waals surface area contributed by atoms with Gasteiger partial charge in [-0.2, -0.15) is 5.10 Å². The lowest BCUT2D eigenvalue weighted by molar-refractivity contribution is 0.760. The molecule has 4 nitrogen and oxygen atoms in total. The Morgan fingerprint density at radius 2 is 2.22 bits per heavy atom. The van der Waals surface area contributed by atoms with Crippen LogP contribution in [0.5, 0.6) is 0 Å². The summed E-state index contributed by atoms with van der Waals surface area (Å²) in [6, 6.07) is 6.13. The first-order valence-corrected chi connectivity index (χ1v) is 7.27. The van der Waals surface area contributed by atoms with E-state index >= 15 is 0 Å². The number of aromatic nitrogens is 2. The van der Waals surface area contributed by atoms with Crippen molar-refractivity contribution >= 4 is 33.1 Å². The zero-order valence-corrected chi connectivity index (χ0v) is 12.8. The van der Waals surface area contributed by atoms with Crippen molar-refractivity contribution in [3.05, 3.63) is 38.6 Å². The van der Waals surface area contributed by atoms with Crippen molar-refractivity contribution in [1.29, 1.82) is 0 Å². The smallest absolute Gasteiger partial charge is 0.151 e. The van der Waals surface area contributed by atoms with Crippen LogP contribution in [0.2, 0.25) is 0 Å². The highest BCUT2D eigenvalue weighted by Gasteiger charge is 2.06. The van der Waals surface area contributed by atoms with Gasteiger partial charge in [0.1, 0.15) is 0 Å². The van der Waals surface area contributed by atoms with Crippen molar-refractivity contribution in [2.75, 3.05) is 19.0 Å². The highest BCUT2D eigenvalue weighted by Crippen LogP contribution is 2.22. The van der Waals surface area contributed by atoms with Gasteiger partial charge >= 0.3 is 0 Å². The van der Waals surface area contributed by atoms with Crippen LogP contribution in [0.3, 0.4) is 0 Å². The van der Waals surface area contributed by atoms with Gasteiger partial charge in [-0.1, -0.05) is 0 Å². The van der Waals surface area contributed by atoms with Gasteiger partial charge in [0.25, 0.3) is 0 Å². The molecule has 0 unspecified atom stereocenters. The summed E-state index contributed by atoms with van der Waals surface area (Å²) in [6.07, 6.45) is 0. The molecule has 0 atom stereocenters. The largest absolute Gasteiger partial charge is 0.353 e. The summed E-state index contributed by atoms with van der Waals surface area (Å²) in [5.41, 5.74) is 0.952. The van der Waals surface area contributed by atoms with Crippen LogP contribution in [0.4, 0.5) is 5.82 Å². The molecule has 0 fully saturated rings. The summed E-state index contributed by atoms with van der Waals surface area (Å²) in [5, 5.41) is 13.5. The average molecular weight is 327 g/mol. The van der Waals surface area contributed by atoms with Gasteiger partial charge in [-0.15, -0.1) is 16.4 Å². The van der Waals surface area contributed by atoms with Gasteiger partial charge in [0.15, 0.2) is 5.82 Å². The summed E-state index contributed by atoms with van der Waals surface area (Å²) in [4.78, 5) is 3.39. The molecule has 0 bridgehead atoms. The molecule has 6 heteroatoms. The second-order valence-electron chi connectivity index (χ2n) is 4.00. The van der Waals surface area contributed by atoms with E-state index in [4.69, 9.17) is 0 Å². The van der Waals surface area contributed by atoms with Gasteiger partial charge in [-0.3, -0.25) is 0 Å². The predicted octanol–water partition coefficient (Wildman–Crippen LogP) is 2.66. The number of nitrogens with zero attached hydrogens (tertiary/aromatic N) is 3. The summed E-state index contributed by atoms with van der Waals surface area (Å²) in [5.74, 6) is 0.888. The maximum atomic E-state index is 4.23. The lowest BCUT2D eigenvalue weighted by atomic mass is 10.3. The summed E-state index contributed by atoms with van der Waals surface area (Å²) in [7, 11) is 3.92. The molecule has 2 aromatic rings. The monoisotopic (exact) mass is 326 g/mol. The van der Waals surface area contributed by atoms with Gasteiger partial charge in [0.05, 0.1) is 12.2 Å². The minimum atomic E-state index is 0.745. The zero-order chi connectivity index (χ0) is 13.0. The maximum absolute atomic E-state index is 4.23. The van der Waals surface area contributed by atoms with Crippen LogP contribution in [0, 0.1) is 0 Å². The Morgan fingerprint density at radius 1 is 1.39 bits per heavy atom. The molecule has 0 saturated carbocycles. The fraction of sp³-hybridized carbons (Fsp3) is 0.333. The Morgan fingerprint density at radius 3 is 2.78 bits per heavy atom. The number of halogens is 1. The Bertz CT molecular complexity index is 497. The number of thiophene rings is 1. The molecule has 0 aliphatic heterocycles. The normalized spacial score (nSPS) is 10.6. The molecule has 0 radical (unpaired) electrons. The maximum Gasteiger partial charge on any atom is 0.151 e. The van der Waals surface area contributed by atoms with Crippen molar-refractivity contribution in [3.63, 3.8) is 0 Å². The first-order valence-electron chi connectivity index (χ1n) is 5.60. The van der Waals surface area contributed by atoms with Gasteiger partial charge in [-0.05, 0) is 41.2 Å². The van der Waals surface area contributed by atoms with Crippen LogP contribution in [0.15, 0.2) is 28.1 Å². The van der Waals surface area contributed by atoms with E-state index in [1.54, 1.807) is 11.3 Å². The van der Waals surface area contributed by atoms with Gasteiger partial charge in [-0.25, -0.2) is 0 Å². The van der Waals surface area contributed by atoms with Crippen molar-refractivity contribution in [2.24, 2.45) is 0 Å². The molecule has 1 N–H and O–H groups in total. The van der Waals surface area contributed by atoms with Crippen LogP contribution in [0.1, 0.15) is 10.6 Å². The van der Waals surface area contributed by atoms with Gasteiger partial charge in [0, 0.05) is 28.3 Å². The number of anilines is 1. The van der Waals surface area contributed by atoms with Crippen molar-refractivity contribution in [3.8, 4) is 0 Å². The highest BCUT2D eigenvalue weighted by molar-refractivity contribution is 9.10. The second kappa shape index (κ2) is 6.26. The molecule has 18 heavy (non-hydrogen) atoms. The minimum absolute atomic E-state index is 0.745. The fourth-order valence-electron chi connectivity index (χ4n) is 1.58. The topological polar surface area (TPSA) is 41.0 Å². The molecule has 0 amide bonds. The number of nitrogens with one attached hydrogen (secondary N) is 1. The molecule has 0 saturated heterocycles. The quantitative estimate of drug-likeness (QED) is 0.917. The SMILES string of the molecule is CNCc1ccc(N(C)Cc2cc(Br)cs2)nn1. The van der Waals surface area contributed by atoms with E-state index in [0.717, 1.165) is 29.1 Å². The molecule has 2 rings (SSSR count). The molecule has 2 aromatic heterocycles. The zero-order valence-electron chi connectivity index (χ0n) is 10.4. The Kier molecular flexibility index (Phi) is 4.68. The van der Waals surface area contributed by atoms with Gasteiger partial charge < -0.3 is 10.2 Å². The Balaban J connectivity index is 2.02. The molecular weight excluding hydrogens is 312 g/mol. The average Bonchev–Trinajstić information content (AvgIpc) is 2.76. The molecule has 0 aromatic carbocycles. The molecule has 0 aliphatic rings. The van der Waals surface area contributed by atoms with Gasteiger partial charge in [0.2, 0.25) is 0 Å². The number of hydrogen-bond acceptors (Lipinski definition) is 5. The van der Waals surface area contributed by atoms with E-state index in [-0.39, 0.29) is 0 Å². The van der Waals surface area contributed by atoms with E-state index < -0.39 is 0 Å². The summed E-state index contributed by atoms with van der Waals surface area (Å²) < 4.78 is 1.13. The molecule has 0 spiro atoms. The third-order valence-electron chi connectivity index (χ3n) is 2.47. The highest BCUT2D eigenvalue weighted by atomic mass is 79.9. The third kappa shape index (κ3) is 3.51. The number of hydrogen-bond donors (Lipinski definition) is 1. The van der Waals surface area contributed by atoms with Crippen LogP contribution in [-0.4, -0.2) is 24.3 Å². The first kappa shape index (κ1) is 13.5. The molecular formula is C12H15BrN4S. The van der Waals surface area contributed by atoms with Crippen molar-refractivity contribution in [2.45, 2.75) is 13.1 Å².